The first-order valence-corrected chi connectivity index (χ1v) is 6.62. The second-order valence-corrected chi connectivity index (χ2v) is 5.03. The Morgan fingerprint density at radius 2 is 1.86 bits per heavy atom. The van der Waals surface area contributed by atoms with E-state index < -0.39 is 0 Å². The fraction of sp³-hybridized carbons (Fsp3) is 0.357. The molecule has 0 spiro atoms. The van der Waals surface area contributed by atoms with Gasteiger partial charge in [0.25, 0.3) is 0 Å². The molecular weight excluding hydrogens is 268 g/mol. The van der Waals surface area contributed by atoms with Gasteiger partial charge < -0.3 is 0 Å². The second kappa shape index (κ2) is 6.61. The third-order valence-corrected chi connectivity index (χ3v) is 3.47. The molecule has 1 aromatic rings. The van der Waals surface area contributed by atoms with Crippen LogP contribution >= 0.6 is 0 Å². The molecule has 1 atom stereocenters. The highest BCUT2D eigenvalue weighted by Crippen LogP contribution is 2.34. The molecule has 1 aromatic carbocycles. The molecule has 0 radical (unpaired) electrons. The van der Waals surface area contributed by atoms with Crippen molar-refractivity contribution >= 4 is 23.2 Å². The van der Waals surface area contributed by atoms with Crippen molar-refractivity contribution in [2.75, 3.05) is 0 Å². The van der Waals surface area contributed by atoms with E-state index in [1.165, 1.54) is 0 Å². The number of carbonyl (C=O) groups excluding carboxylic acids is 1. The van der Waals surface area contributed by atoms with Crippen LogP contribution in [0.25, 0.3) is 27.0 Å². The number of nitrogens with zero attached hydrogens (tertiary/aromatic N) is 6. The zero-order valence-electron chi connectivity index (χ0n) is 11.6. The van der Waals surface area contributed by atoms with Gasteiger partial charge >= 0.3 is 0 Å². The molecule has 7 nitrogen and oxygen atoms in total. The Bertz CT molecular complexity index is 659. The topological polar surface area (TPSA) is 115 Å². The molecule has 2 rings (SSSR count). The average Bonchev–Trinajstić information content (AvgIpc) is 2.46. The number of Topliss-reactive ketones (excluding diaryl/α,β-unsaturated/α-hetero) is 1. The number of azide groups is 2. The van der Waals surface area contributed by atoms with Crippen LogP contribution in [0.15, 0.2) is 34.0 Å². The van der Waals surface area contributed by atoms with Crippen LogP contribution in [-0.2, 0) is 4.79 Å². The number of allylic oxidation sites excluding steroid dienone is 1. The largest absolute Gasteiger partial charge is 0.295 e. The molecule has 1 unspecified atom stereocenters. The molecule has 7 heteroatoms. The molecule has 106 valence electrons. The predicted molar refractivity (Wildman–Crippen MR) is 80.1 cm³/mol. The highest BCUT2D eigenvalue weighted by Gasteiger charge is 2.21. The van der Waals surface area contributed by atoms with Gasteiger partial charge in [0.15, 0.2) is 5.78 Å². The number of carbonyl (C=O) groups is 1. The lowest BCUT2D eigenvalue weighted by molar-refractivity contribution is -0.116. The maximum atomic E-state index is 12.0. The van der Waals surface area contributed by atoms with E-state index >= 15 is 0 Å². The molecule has 0 bridgehead atoms. The molecule has 0 heterocycles. The van der Waals surface area contributed by atoms with E-state index in [-0.39, 0.29) is 5.78 Å². The summed E-state index contributed by atoms with van der Waals surface area (Å²) in [6.07, 6.45) is 3.77. The van der Waals surface area contributed by atoms with E-state index in [9.17, 15) is 4.79 Å². The summed E-state index contributed by atoms with van der Waals surface area (Å²) in [5.74, 6) is 0.527. The van der Waals surface area contributed by atoms with Gasteiger partial charge in [-0.2, -0.15) is 0 Å². The minimum atomic E-state index is 0.0933. The van der Waals surface area contributed by atoms with Crippen molar-refractivity contribution in [3.8, 4) is 0 Å². The molecular formula is C14H14N6O. The summed E-state index contributed by atoms with van der Waals surface area (Å²) in [6, 6.07) is 4.89. The van der Waals surface area contributed by atoms with Crippen LogP contribution in [-0.4, -0.2) is 5.78 Å². The first-order valence-electron chi connectivity index (χ1n) is 6.62. The molecule has 1 fully saturated rings. The molecule has 0 aliphatic heterocycles. The Morgan fingerprint density at radius 1 is 1.24 bits per heavy atom. The van der Waals surface area contributed by atoms with Gasteiger partial charge in [0, 0.05) is 27.6 Å². The van der Waals surface area contributed by atoms with Crippen molar-refractivity contribution in [2.24, 2.45) is 16.1 Å². The number of hydrogen-bond donors (Lipinski definition) is 0. The number of rotatable bonds is 3. The number of hydrogen-bond acceptors (Lipinski definition) is 3. The van der Waals surface area contributed by atoms with Crippen LogP contribution in [0, 0.1) is 5.92 Å². The Hall–Kier alpha value is -2.75. The minimum absolute atomic E-state index is 0.0933. The molecule has 0 saturated heterocycles. The molecule has 1 saturated carbocycles. The zero-order chi connectivity index (χ0) is 15.2. The summed E-state index contributed by atoms with van der Waals surface area (Å²) < 4.78 is 0. The van der Waals surface area contributed by atoms with Gasteiger partial charge in [-0.3, -0.25) is 4.79 Å². The van der Waals surface area contributed by atoms with Crippen molar-refractivity contribution < 1.29 is 4.79 Å². The van der Waals surface area contributed by atoms with Gasteiger partial charge in [-0.05, 0) is 47.0 Å². The van der Waals surface area contributed by atoms with Gasteiger partial charge in [0.2, 0.25) is 0 Å². The summed E-state index contributed by atoms with van der Waals surface area (Å²) in [7, 11) is 0. The Balaban J connectivity index is 2.57. The maximum Gasteiger partial charge on any atom is 0.158 e. The molecule has 1 aliphatic rings. The molecule has 0 aromatic heterocycles. The van der Waals surface area contributed by atoms with Crippen LogP contribution < -0.4 is 0 Å². The first-order chi connectivity index (χ1) is 10.2. The van der Waals surface area contributed by atoms with Crippen molar-refractivity contribution in [3.63, 3.8) is 0 Å². The summed E-state index contributed by atoms with van der Waals surface area (Å²) in [4.78, 5) is 17.5. The van der Waals surface area contributed by atoms with Gasteiger partial charge in [-0.25, -0.2) is 0 Å². The van der Waals surface area contributed by atoms with Crippen LogP contribution in [0.1, 0.15) is 31.7 Å². The lowest BCUT2D eigenvalue weighted by Gasteiger charge is -2.19. The molecule has 1 aliphatic carbocycles. The highest BCUT2D eigenvalue weighted by atomic mass is 16.1. The standard InChI is InChI=1S/C14H14N6O/c1-9-5-6-14(21)10(7-9)8-11-12(17-19-15)3-2-4-13(11)18-20-16/h2-4,8-9H,5-7H2,1H3. The van der Waals surface area contributed by atoms with Crippen LogP contribution in [0.4, 0.5) is 11.4 Å². The van der Waals surface area contributed by atoms with E-state index in [1.807, 2.05) is 0 Å². The normalized spacial score (nSPS) is 19.8. The van der Waals surface area contributed by atoms with Crippen LogP contribution in [0.5, 0.6) is 0 Å². The first kappa shape index (κ1) is 14.7. The van der Waals surface area contributed by atoms with E-state index in [2.05, 4.69) is 27.0 Å². The van der Waals surface area contributed by atoms with Crippen molar-refractivity contribution in [2.45, 2.75) is 26.2 Å². The molecule has 0 N–H and O–H groups in total. The van der Waals surface area contributed by atoms with Crippen LogP contribution in [0.3, 0.4) is 0 Å². The fourth-order valence-electron chi connectivity index (χ4n) is 2.40. The monoisotopic (exact) mass is 282 g/mol. The van der Waals surface area contributed by atoms with E-state index in [0.717, 1.165) is 6.42 Å². The highest BCUT2D eigenvalue weighted by molar-refractivity contribution is 6.01. The van der Waals surface area contributed by atoms with Gasteiger partial charge in [-0.15, -0.1) is 0 Å². The Kier molecular flexibility index (Phi) is 4.61. The summed E-state index contributed by atoms with van der Waals surface area (Å²) in [6.45, 7) is 2.09. The third kappa shape index (κ3) is 3.42. The number of benzene rings is 1. The molecule has 21 heavy (non-hydrogen) atoms. The SMILES string of the molecule is CC1CCC(=O)C(=Cc2c(N=[N+]=[N-])cccc2N=[N+]=[N-])C1. The van der Waals surface area contributed by atoms with Crippen molar-refractivity contribution in [3.05, 3.63) is 50.2 Å². The van der Waals surface area contributed by atoms with Gasteiger partial charge in [0.1, 0.15) is 0 Å². The van der Waals surface area contributed by atoms with Crippen LogP contribution in [0.2, 0.25) is 0 Å². The van der Waals surface area contributed by atoms with Gasteiger partial charge in [-0.1, -0.05) is 35.4 Å². The van der Waals surface area contributed by atoms with Crippen molar-refractivity contribution in [1.29, 1.82) is 0 Å². The third-order valence-electron chi connectivity index (χ3n) is 3.47. The second-order valence-electron chi connectivity index (χ2n) is 5.03. The van der Waals surface area contributed by atoms with E-state index in [0.29, 0.717) is 41.3 Å². The van der Waals surface area contributed by atoms with E-state index in [4.69, 9.17) is 11.1 Å². The summed E-state index contributed by atoms with van der Waals surface area (Å²) >= 11 is 0. The minimum Gasteiger partial charge on any atom is -0.295 e. The quantitative estimate of drug-likeness (QED) is 0.316. The summed E-state index contributed by atoms with van der Waals surface area (Å²) in [5.41, 5.74) is 19.1. The number of ketones is 1. The summed E-state index contributed by atoms with van der Waals surface area (Å²) in [5, 5.41) is 7.20. The molecule has 0 amide bonds. The average molecular weight is 282 g/mol. The Morgan fingerprint density at radius 3 is 2.43 bits per heavy atom. The fourth-order valence-corrected chi connectivity index (χ4v) is 2.40. The maximum absolute atomic E-state index is 12.0. The van der Waals surface area contributed by atoms with Crippen molar-refractivity contribution in [1.82, 2.24) is 0 Å². The van der Waals surface area contributed by atoms with Gasteiger partial charge in [0.05, 0.1) is 0 Å². The van der Waals surface area contributed by atoms with E-state index in [1.54, 1.807) is 24.3 Å². The Labute approximate surface area is 121 Å². The lowest BCUT2D eigenvalue weighted by atomic mass is 9.85. The predicted octanol–water partition coefficient (Wildman–Crippen LogP) is 5.34. The smallest absolute Gasteiger partial charge is 0.158 e. The zero-order valence-corrected chi connectivity index (χ0v) is 11.6. The lowest BCUT2D eigenvalue weighted by Crippen LogP contribution is -2.14.